The zero-order valence-electron chi connectivity index (χ0n) is 17.2. The Hall–Kier alpha value is -3.77. The fraction of sp³-hybridized carbons (Fsp3) is 0.158. The highest BCUT2D eigenvalue weighted by Gasteiger charge is 2.05. The van der Waals surface area contributed by atoms with Gasteiger partial charge >= 0.3 is 6.03 Å². The van der Waals surface area contributed by atoms with E-state index in [1.54, 1.807) is 55.5 Å². The Morgan fingerprint density at radius 1 is 0.839 bits per heavy atom. The highest BCUT2D eigenvalue weighted by molar-refractivity contribution is 7.85. The van der Waals surface area contributed by atoms with Crippen molar-refractivity contribution in [2.24, 2.45) is 21.7 Å². The molecule has 0 saturated heterocycles. The molecular weight excluding hydrogens is 424 g/mol. The molecule has 0 saturated carbocycles. The van der Waals surface area contributed by atoms with E-state index < -0.39 is 10.1 Å². The van der Waals surface area contributed by atoms with Crippen LogP contribution in [0.5, 0.6) is 0 Å². The minimum atomic E-state index is -3.67. The molecule has 0 aromatic heterocycles. The SMILES string of the molecule is CC(=O)c1ccc(NC(=O)Nc2ccc(/C(C)=N\N=C(N)N)cc2)cc1.CS(=O)(=O)O. The van der Waals surface area contributed by atoms with Crippen LogP contribution in [0.2, 0.25) is 0 Å². The van der Waals surface area contributed by atoms with E-state index in [2.05, 4.69) is 20.8 Å². The topological polar surface area (TPSA) is 189 Å². The van der Waals surface area contributed by atoms with Crippen LogP contribution in [0.3, 0.4) is 0 Å². The summed E-state index contributed by atoms with van der Waals surface area (Å²) in [5.41, 5.74) is 13.7. The number of hydrogen-bond acceptors (Lipinski definition) is 6. The molecule has 0 aliphatic rings. The molecule has 0 radical (unpaired) electrons. The van der Waals surface area contributed by atoms with Crippen LogP contribution in [0.15, 0.2) is 58.7 Å². The summed E-state index contributed by atoms with van der Waals surface area (Å²) < 4.78 is 25.9. The first kappa shape index (κ1) is 25.3. The van der Waals surface area contributed by atoms with Gasteiger partial charge in [-0.1, -0.05) is 12.1 Å². The molecular formula is C19H24N6O5S. The molecule has 0 heterocycles. The van der Waals surface area contributed by atoms with Gasteiger partial charge in [-0.25, -0.2) is 4.79 Å². The summed E-state index contributed by atoms with van der Waals surface area (Å²) in [4.78, 5) is 23.3. The molecule has 7 N–H and O–H groups in total. The van der Waals surface area contributed by atoms with Gasteiger partial charge in [-0.05, 0) is 55.8 Å². The molecule has 2 amide bonds. The Morgan fingerprint density at radius 2 is 1.23 bits per heavy atom. The van der Waals surface area contributed by atoms with Crippen molar-refractivity contribution in [3.05, 3.63) is 59.7 Å². The van der Waals surface area contributed by atoms with Crippen molar-refractivity contribution >= 4 is 45.0 Å². The van der Waals surface area contributed by atoms with Crippen LogP contribution >= 0.6 is 0 Å². The second kappa shape index (κ2) is 11.4. The van der Waals surface area contributed by atoms with Crippen LogP contribution in [0.4, 0.5) is 16.2 Å². The number of hydrogen-bond donors (Lipinski definition) is 5. The lowest BCUT2D eigenvalue weighted by molar-refractivity contribution is 0.101. The van der Waals surface area contributed by atoms with E-state index >= 15 is 0 Å². The molecule has 0 fully saturated rings. The summed E-state index contributed by atoms with van der Waals surface area (Å²) in [6.45, 7) is 3.26. The highest BCUT2D eigenvalue weighted by atomic mass is 32.2. The number of carbonyl (C=O) groups is 2. The summed E-state index contributed by atoms with van der Waals surface area (Å²) in [6, 6.07) is 13.3. The Kier molecular flexibility index (Phi) is 9.31. The summed E-state index contributed by atoms with van der Waals surface area (Å²) in [5.74, 6) is -0.143. The molecule has 0 aliphatic carbocycles. The van der Waals surface area contributed by atoms with Crippen molar-refractivity contribution in [2.75, 3.05) is 16.9 Å². The summed E-state index contributed by atoms with van der Waals surface area (Å²) in [7, 11) is -3.67. The second-order valence-electron chi connectivity index (χ2n) is 6.23. The van der Waals surface area contributed by atoms with Crippen molar-refractivity contribution in [1.29, 1.82) is 0 Å². The lowest BCUT2D eigenvalue weighted by atomic mass is 10.1. The number of nitrogens with two attached hydrogens (primary N) is 2. The first-order valence-electron chi connectivity index (χ1n) is 8.70. The number of carbonyl (C=O) groups excluding carboxylic acids is 2. The van der Waals surface area contributed by atoms with Gasteiger partial charge in [0.1, 0.15) is 0 Å². The number of rotatable bonds is 5. The van der Waals surface area contributed by atoms with Crippen LogP contribution in [0.1, 0.15) is 29.8 Å². The largest absolute Gasteiger partial charge is 0.369 e. The standard InChI is InChI=1S/C18H20N6O2.CH4O3S/c1-11(23-24-17(19)20)13-3-7-15(8-4-13)21-18(26)22-16-9-5-14(6-10-16)12(2)25;1-5(2,3)4/h3-10H,1-2H3,(H4,19,20,24)(H2,21,22,26);1H3,(H,2,3,4)/b23-11-;. The highest BCUT2D eigenvalue weighted by Crippen LogP contribution is 2.13. The summed E-state index contributed by atoms with van der Waals surface area (Å²) in [5, 5.41) is 12.9. The molecule has 2 rings (SSSR count). The number of amides is 2. The molecule has 166 valence electrons. The first-order chi connectivity index (χ1) is 14.3. The minimum absolute atomic E-state index is 0.0280. The van der Waals surface area contributed by atoms with E-state index in [0.717, 1.165) is 5.56 Å². The van der Waals surface area contributed by atoms with Crippen LogP contribution in [-0.4, -0.2) is 42.7 Å². The van der Waals surface area contributed by atoms with Crippen LogP contribution in [0, 0.1) is 0 Å². The number of anilines is 2. The molecule has 12 heteroatoms. The average molecular weight is 449 g/mol. The Morgan fingerprint density at radius 3 is 1.58 bits per heavy atom. The Labute approximate surface area is 180 Å². The third kappa shape index (κ3) is 11.1. The van der Waals surface area contributed by atoms with E-state index in [-0.39, 0.29) is 17.8 Å². The van der Waals surface area contributed by atoms with E-state index in [0.29, 0.717) is 28.9 Å². The van der Waals surface area contributed by atoms with Gasteiger partial charge in [-0.15, -0.1) is 5.10 Å². The number of nitrogens with zero attached hydrogens (tertiary/aromatic N) is 2. The van der Waals surface area contributed by atoms with Crippen molar-refractivity contribution in [2.45, 2.75) is 13.8 Å². The van der Waals surface area contributed by atoms with Crippen LogP contribution < -0.4 is 22.1 Å². The van der Waals surface area contributed by atoms with Crippen molar-refractivity contribution < 1.29 is 22.6 Å². The lowest BCUT2D eigenvalue weighted by Gasteiger charge is -2.08. The number of guanidine groups is 1. The fourth-order valence-electron chi connectivity index (χ4n) is 2.07. The second-order valence-corrected chi connectivity index (χ2v) is 7.70. The van der Waals surface area contributed by atoms with Gasteiger partial charge in [0.15, 0.2) is 5.78 Å². The molecule has 11 nitrogen and oxygen atoms in total. The number of ketones is 1. The molecule has 0 atom stereocenters. The first-order valence-corrected chi connectivity index (χ1v) is 10.5. The maximum Gasteiger partial charge on any atom is 0.323 e. The smallest absolute Gasteiger partial charge is 0.323 e. The van der Waals surface area contributed by atoms with Gasteiger partial charge in [0.2, 0.25) is 5.96 Å². The predicted molar refractivity (Wildman–Crippen MR) is 121 cm³/mol. The molecule has 0 spiro atoms. The number of urea groups is 1. The van der Waals surface area contributed by atoms with Crippen molar-refractivity contribution in [3.63, 3.8) is 0 Å². The zero-order valence-corrected chi connectivity index (χ0v) is 18.0. The monoisotopic (exact) mass is 448 g/mol. The Bertz CT molecular complexity index is 1070. The molecule has 0 bridgehead atoms. The van der Waals surface area contributed by atoms with Gasteiger partial charge in [0.25, 0.3) is 10.1 Å². The fourth-order valence-corrected chi connectivity index (χ4v) is 2.07. The average Bonchev–Trinajstić information content (AvgIpc) is 2.65. The molecule has 2 aromatic carbocycles. The van der Waals surface area contributed by atoms with Gasteiger partial charge in [-0.2, -0.15) is 13.5 Å². The zero-order chi connectivity index (χ0) is 23.6. The van der Waals surface area contributed by atoms with Gasteiger partial charge in [-0.3, -0.25) is 9.35 Å². The maximum atomic E-state index is 12.0. The van der Waals surface area contributed by atoms with Gasteiger partial charge in [0.05, 0.1) is 12.0 Å². The molecule has 0 aliphatic heterocycles. The van der Waals surface area contributed by atoms with Crippen LogP contribution in [0.25, 0.3) is 0 Å². The van der Waals surface area contributed by atoms with E-state index in [1.807, 2.05) is 0 Å². The van der Waals surface area contributed by atoms with E-state index in [1.165, 1.54) is 6.92 Å². The van der Waals surface area contributed by atoms with Crippen molar-refractivity contribution in [1.82, 2.24) is 0 Å². The Balaban J connectivity index is 0.000000861. The molecule has 2 aromatic rings. The number of benzene rings is 2. The normalized spacial score (nSPS) is 10.9. The van der Waals surface area contributed by atoms with Crippen LogP contribution in [-0.2, 0) is 10.1 Å². The quantitative estimate of drug-likeness (QED) is 0.152. The van der Waals surface area contributed by atoms with E-state index in [9.17, 15) is 18.0 Å². The maximum absolute atomic E-state index is 12.0. The van der Waals surface area contributed by atoms with Crippen molar-refractivity contribution in [3.8, 4) is 0 Å². The minimum Gasteiger partial charge on any atom is -0.369 e. The number of nitrogens with one attached hydrogen (secondary N) is 2. The summed E-state index contributed by atoms with van der Waals surface area (Å²) in [6.07, 6.45) is 0.715. The summed E-state index contributed by atoms with van der Waals surface area (Å²) >= 11 is 0. The molecule has 31 heavy (non-hydrogen) atoms. The number of Topliss-reactive ketones (excluding diaryl/α,β-unsaturated/α-hetero) is 1. The third-order valence-electron chi connectivity index (χ3n) is 3.43. The molecule has 0 unspecified atom stereocenters. The lowest BCUT2D eigenvalue weighted by Crippen LogP contribution is -2.22. The predicted octanol–water partition coefficient (Wildman–Crippen LogP) is 2.03. The van der Waals surface area contributed by atoms with Gasteiger partial charge in [0, 0.05) is 16.9 Å². The third-order valence-corrected chi connectivity index (χ3v) is 3.43. The van der Waals surface area contributed by atoms with Gasteiger partial charge < -0.3 is 22.1 Å². The van der Waals surface area contributed by atoms with E-state index in [4.69, 9.17) is 16.0 Å².